The Morgan fingerprint density at radius 1 is 0.905 bits per heavy atom. The predicted molar refractivity (Wildman–Crippen MR) is 80.8 cm³/mol. The van der Waals surface area contributed by atoms with Crippen molar-refractivity contribution in [3.05, 3.63) is 59.7 Å². The van der Waals surface area contributed by atoms with Gasteiger partial charge in [-0.3, -0.25) is 5.41 Å². The third-order valence-electron chi connectivity index (χ3n) is 2.89. The van der Waals surface area contributed by atoms with Crippen LogP contribution in [-0.4, -0.2) is 24.2 Å². The van der Waals surface area contributed by atoms with Crippen molar-refractivity contribution in [2.75, 3.05) is 13.2 Å². The third kappa shape index (κ3) is 4.50. The summed E-state index contributed by atoms with van der Waals surface area (Å²) in [5.74, 6) is 1.48. The van der Waals surface area contributed by atoms with Crippen LogP contribution in [0.1, 0.15) is 11.1 Å². The summed E-state index contributed by atoms with van der Waals surface area (Å²) in [6.07, 6.45) is 0. The van der Waals surface area contributed by atoms with Crippen LogP contribution < -0.4 is 15.2 Å². The number of aliphatic hydroxyl groups excluding tert-OH is 1. The fourth-order valence-corrected chi connectivity index (χ4v) is 1.74. The normalized spacial score (nSPS) is 10.1. The number of ether oxygens (including phenoxy) is 2. The first kappa shape index (κ1) is 14.9. The first-order chi connectivity index (χ1) is 10.2. The van der Waals surface area contributed by atoms with Crippen LogP contribution in [-0.2, 0) is 6.61 Å². The Hall–Kier alpha value is -2.53. The molecule has 2 aromatic carbocycles. The lowest BCUT2D eigenvalue weighted by atomic mass is 10.2. The van der Waals surface area contributed by atoms with Crippen molar-refractivity contribution in [1.82, 2.24) is 0 Å². The number of nitrogens with two attached hydrogens (primary N) is 1. The summed E-state index contributed by atoms with van der Waals surface area (Å²) < 4.78 is 11.1. The quantitative estimate of drug-likeness (QED) is 0.412. The molecule has 0 unspecified atom stereocenters. The second-order valence-corrected chi connectivity index (χ2v) is 4.44. The van der Waals surface area contributed by atoms with E-state index >= 15 is 0 Å². The van der Waals surface area contributed by atoms with Crippen LogP contribution in [0.25, 0.3) is 0 Å². The van der Waals surface area contributed by atoms with Gasteiger partial charge in [0, 0.05) is 5.56 Å². The lowest BCUT2D eigenvalue weighted by Gasteiger charge is -2.09. The molecule has 110 valence electrons. The average molecular weight is 286 g/mol. The second kappa shape index (κ2) is 7.31. The number of nitrogen functional groups attached to an aromatic ring is 1. The van der Waals surface area contributed by atoms with Gasteiger partial charge in [-0.1, -0.05) is 12.1 Å². The Balaban J connectivity index is 1.74. The van der Waals surface area contributed by atoms with Crippen LogP contribution in [0.4, 0.5) is 0 Å². The molecular formula is C16H18N2O3. The van der Waals surface area contributed by atoms with Crippen LogP contribution in [0.2, 0.25) is 0 Å². The molecule has 0 amide bonds. The molecule has 0 aliphatic heterocycles. The van der Waals surface area contributed by atoms with Crippen LogP contribution in [0.5, 0.6) is 11.5 Å². The van der Waals surface area contributed by atoms with Crippen molar-refractivity contribution in [1.29, 1.82) is 5.41 Å². The second-order valence-electron chi connectivity index (χ2n) is 4.44. The minimum absolute atomic E-state index is 0.0274. The van der Waals surface area contributed by atoms with Crippen molar-refractivity contribution in [2.24, 2.45) is 5.73 Å². The fraction of sp³-hybridized carbons (Fsp3) is 0.188. The SMILES string of the molecule is N=C(N)c1ccc(OCCOc2ccc(CO)cc2)cc1. The van der Waals surface area contributed by atoms with E-state index in [0.29, 0.717) is 24.5 Å². The minimum Gasteiger partial charge on any atom is -0.490 e. The Morgan fingerprint density at radius 3 is 1.81 bits per heavy atom. The zero-order valence-electron chi connectivity index (χ0n) is 11.6. The lowest BCUT2D eigenvalue weighted by Crippen LogP contribution is -2.11. The Kier molecular flexibility index (Phi) is 5.17. The van der Waals surface area contributed by atoms with Gasteiger partial charge in [-0.25, -0.2) is 0 Å². The van der Waals surface area contributed by atoms with E-state index in [-0.39, 0.29) is 12.4 Å². The molecule has 0 saturated carbocycles. The van der Waals surface area contributed by atoms with Crippen LogP contribution in [0, 0.1) is 5.41 Å². The van der Waals surface area contributed by atoms with Crippen LogP contribution in [0.15, 0.2) is 48.5 Å². The van der Waals surface area contributed by atoms with E-state index in [1.807, 2.05) is 24.3 Å². The van der Waals surface area contributed by atoms with E-state index in [9.17, 15) is 0 Å². The fourth-order valence-electron chi connectivity index (χ4n) is 1.74. The topological polar surface area (TPSA) is 88.6 Å². The number of benzene rings is 2. The maximum absolute atomic E-state index is 8.94. The summed E-state index contributed by atoms with van der Waals surface area (Å²) >= 11 is 0. The molecule has 4 N–H and O–H groups in total. The van der Waals surface area contributed by atoms with E-state index < -0.39 is 0 Å². The van der Waals surface area contributed by atoms with Gasteiger partial charge in [-0.05, 0) is 42.0 Å². The molecule has 2 aromatic rings. The molecule has 0 heterocycles. The maximum Gasteiger partial charge on any atom is 0.122 e. The molecule has 0 aliphatic carbocycles. The van der Waals surface area contributed by atoms with Gasteiger partial charge in [-0.15, -0.1) is 0 Å². The van der Waals surface area contributed by atoms with Gasteiger partial charge >= 0.3 is 0 Å². The Bertz CT molecular complexity index is 579. The number of rotatable bonds is 7. The molecule has 0 aromatic heterocycles. The van der Waals surface area contributed by atoms with E-state index in [4.69, 9.17) is 25.7 Å². The number of aliphatic hydroxyl groups is 1. The molecular weight excluding hydrogens is 268 g/mol. The smallest absolute Gasteiger partial charge is 0.122 e. The molecule has 0 bridgehead atoms. The summed E-state index contributed by atoms with van der Waals surface area (Å²) in [6.45, 7) is 0.869. The Labute approximate surface area is 123 Å². The summed E-state index contributed by atoms with van der Waals surface area (Å²) in [5.41, 5.74) is 6.90. The maximum atomic E-state index is 8.94. The first-order valence-electron chi connectivity index (χ1n) is 6.59. The number of nitrogens with one attached hydrogen (secondary N) is 1. The highest BCUT2D eigenvalue weighted by molar-refractivity contribution is 5.94. The molecule has 0 radical (unpaired) electrons. The number of amidine groups is 1. The third-order valence-corrected chi connectivity index (χ3v) is 2.89. The minimum atomic E-state index is 0.0274. The molecule has 21 heavy (non-hydrogen) atoms. The zero-order chi connectivity index (χ0) is 15.1. The first-order valence-corrected chi connectivity index (χ1v) is 6.59. The van der Waals surface area contributed by atoms with E-state index in [2.05, 4.69) is 0 Å². The molecule has 5 nitrogen and oxygen atoms in total. The van der Waals surface area contributed by atoms with Crippen molar-refractivity contribution < 1.29 is 14.6 Å². The summed E-state index contributed by atoms with van der Waals surface area (Å²) in [6, 6.07) is 14.3. The highest BCUT2D eigenvalue weighted by atomic mass is 16.5. The van der Waals surface area contributed by atoms with Crippen molar-refractivity contribution >= 4 is 5.84 Å². The van der Waals surface area contributed by atoms with Gasteiger partial charge in [0.15, 0.2) is 0 Å². The standard InChI is InChI=1S/C16H18N2O3/c17-16(18)13-3-7-15(8-4-13)21-10-9-20-14-5-1-12(11-19)2-6-14/h1-8,19H,9-11H2,(H3,17,18). The predicted octanol–water partition coefficient (Wildman–Crippen LogP) is 1.92. The summed E-state index contributed by atoms with van der Waals surface area (Å²) in [4.78, 5) is 0. The van der Waals surface area contributed by atoms with Crippen LogP contribution >= 0.6 is 0 Å². The van der Waals surface area contributed by atoms with E-state index in [0.717, 1.165) is 11.3 Å². The van der Waals surface area contributed by atoms with Gasteiger partial charge in [0.1, 0.15) is 30.5 Å². The van der Waals surface area contributed by atoms with Crippen molar-refractivity contribution in [2.45, 2.75) is 6.61 Å². The molecule has 0 fully saturated rings. The largest absolute Gasteiger partial charge is 0.490 e. The Morgan fingerprint density at radius 2 is 1.38 bits per heavy atom. The monoisotopic (exact) mass is 286 g/mol. The molecule has 5 heteroatoms. The zero-order valence-corrected chi connectivity index (χ0v) is 11.6. The van der Waals surface area contributed by atoms with Crippen LogP contribution in [0.3, 0.4) is 0 Å². The molecule has 0 atom stereocenters. The highest BCUT2D eigenvalue weighted by Crippen LogP contribution is 2.13. The highest BCUT2D eigenvalue weighted by Gasteiger charge is 1.99. The molecule has 0 saturated heterocycles. The molecule has 0 aliphatic rings. The number of hydrogen-bond acceptors (Lipinski definition) is 4. The van der Waals surface area contributed by atoms with Gasteiger partial charge in [0.05, 0.1) is 6.61 Å². The van der Waals surface area contributed by atoms with Gasteiger partial charge in [0.25, 0.3) is 0 Å². The summed E-state index contributed by atoms with van der Waals surface area (Å²) in [7, 11) is 0. The molecule has 2 rings (SSSR count). The lowest BCUT2D eigenvalue weighted by molar-refractivity contribution is 0.217. The molecule has 0 spiro atoms. The van der Waals surface area contributed by atoms with Crippen molar-refractivity contribution in [3.8, 4) is 11.5 Å². The van der Waals surface area contributed by atoms with E-state index in [1.165, 1.54) is 0 Å². The number of hydrogen-bond donors (Lipinski definition) is 3. The van der Waals surface area contributed by atoms with Crippen molar-refractivity contribution in [3.63, 3.8) is 0 Å². The van der Waals surface area contributed by atoms with Gasteiger partial charge in [0.2, 0.25) is 0 Å². The van der Waals surface area contributed by atoms with E-state index in [1.54, 1.807) is 24.3 Å². The van der Waals surface area contributed by atoms with Gasteiger partial charge in [-0.2, -0.15) is 0 Å². The summed E-state index contributed by atoms with van der Waals surface area (Å²) in [5, 5.41) is 16.2. The average Bonchev–Trinajstić information content (AvgIpc) is 2.52. The van der Waals surface area contributed by atoms with Gasteiger partial charge < -0.3 is 20.3 Å².